The Kier molecular flexibility index (Phi) is 3.04. The van der Waals surface area contributed by atoms with Crippen LogP contribution in [0.25, 0.3) is 0 Å². The molecule has 2 aliphatic heterocycles. The van der Waals surface area contributed by atoms with Crippen LogP contribution in [0.15, 0.2) is 0 Å². The molecule has 0 radical (unpaired) electrons. The summed E-state index contributed by atoms with van der Waals surface area (Å²) in [4.78, 5) is 17.8. The van der Waals surface area contributed by atoms with Crippen LogP contribution in [-0.4, -0.2) is 52.2 Å². The number of aliphatic hydroxyl groups excluding tert-OH is 1. The Hall–Kier alpha value is -1.44. The largest absolute Gasteiger partial charge is 0.393 e. The number of aliphatic hydroxyl groups is 1. The van der Waals surface area contributed by atoms with Crippen molar-refractivity contribution in [2.45, 2.75) is 32.0 Å². The normalized spacial score (nSPS) is 26.9. The van der Waals surface area contributed by atoms with E-state index in [0.29, 0.717) is 18.8 Å². The van der Waals surface area contributed by atoms with Crippen LogP contribution in [0.3, 0.4) is 0 Å². The summed E-state index contributed by atoms with van der Waals surface area (Å²) in [5.74, 6) is 0.0791. The van der Waals surface area contributed by atoms with Gasteiger partial charge in [-0.25, -0.2) is 5.06 Å². The number of amides is 1. The zero-order valence-corrected chi connectivity index (χ0v) is 11.1. The molecular weight excluding hydrogens is 248 g/mol. The first-order chi connectivity index (χ1) is 9.11. The van der Waals surface area contributed by atoms with Crippen molar-refractivity contribution in [2.24, 2.45) is 0 Å². The van der Waals surface area contributed by atoms with Gasteiger partial charge in [0.15, 0.2) is 0 Å². The van der Waals surface area contributed by atoms with Crippen LogP contribution in [0.2, 0.25) is 0 Å². The van der Waals surface area contributed by atoms with Gasteiger partial charge in [-0.3, -0.25) is 14.3 Å². The molecule has 1 amide bonds. The lowest BCUT2D eigenvalue weighted by molar-refractivity contribution is -0.159. The predicted molar refractivity (Wildman–Crippen MR) is 66.4 cm³/mol. The molecule has 0 aliphatic carbocycles. The van der Waals surface area contributed by atoms with E-state index in [9.17, 15) is 9.90 Å². The van der Waals surface area contributed by atoms with Crippen LogP contribution in [-0.2, 0) is 17.9 Å². The van der Waals surface area contributed by atoms with Crippen LogP contribution in [0.5, 0.6) is 0 Å². The molecule has 0 spiro atoms. The van der Waals surface area contributed by atoms with Crippen molar-refractivity contribution >= 4 is 5.91 Å². The van der Waals surface area contributed by atoms with Gasteiger partial charge < -0.3 is 10.4 Å². The van der Waals surface area contributed by atoms with E-state index in [2.05, 4.69) is 17.3 Å². The van der Waals surface area contributed by atoms with E-state index in [1.54, 1.807) is 11.7 Å². The van der Waals surface area contributed by atoms with E-state index >= 15 is 0 Å². The lowest BCUT2D eigenvalue weighted by atomic mass is 9.98. The molecule has 7 nitrogen and oxygen atoms in total. The minimum atomic E-state index is -0.445. The number of aromatic nitrogens is 2. The third-order valence-electron chi connectivity index (χ3n) is 3.68. The van der Waals surface area contributed by atoms with Gasteiger partial charge in [0.2, 0.25) is 0 Å². The van der Waals surface area contributed by atoms with Crippen molar-refractivity contribution in [3.05, 3.63) is 17.0 Å². The summed E-state index contributed by atoms with van der Waals surface area (Å²) in [5, 5.41) is 18.3. The van der Waals surface area contributed by atoms with Gasteiger partial charge in [0, 0.05) is 31.6 Å². The summed E-state index contributed by atoms with van der Waals surface area (Å²) >= 11 is 0. The first-order valence-electron chi connectivity index (χ1n) is 6.47. The molecule has 2 aliphatic rings. The average Bonchev–Trinajstić information content (AvgIpc) is 2.71. The van der Waals surface area contributed by atoms with Gasteiger partial charge >= 0.3 is 0 Å². The Morgan fingerprint density at radius 2 is 2.37 bits per heavy atom. The van der Waals surface area contributed by atoms with Crippen LogP contribution < -0.4 is 5.32 Å². The molecule has 19 heavy (non-hydrogen) atoms. The minimum Gasteiger partial charge on any atom is -0.393 e. The summed E-state index contributed by atoms with van der Waals surface area (Å²) < 4.78 is 1.68. The minimum absolute atomic E-state index is 0.143. The molecule has 0 saturated heterocycles. The molecular formula is C12H18N4O3. The van der Waals surface area contributed by atoms with Crippen molar-refractivity contribution in [1.82, 2.24) is 20.2 Å². The fraction of sp³-hybridized carbons (Fsp3) is 0.667. The highest BCUT2D eigenvalue weighted by Gasteiger charge is 2.34. The Bertz CT molecular complexity index is 513. The maximum atomic E-state index is 12.4. The number of carbonyl (C=O) groups excluding carboxylic acids is 1. The summed E-state index contributed by atoms with van der Waals surface area (Å²) in [7, 11) is 1.57. The molecule has 2 unspecified atom stereocenters. The number of carbonyl (C=O) groups is 1. The van der Waals surface area contributed by atoms with Crippen LogP contribution in [0.1, 0.15) is 34.6 Å². The molecule has 3 rings (SSSR count). The van der Waals surface area contributed by atoms with Gasteiger partial charge in [-0.1, -0.05) is 6.92 Å². The third-order valence-corrected chi connectivity index (χ3v) is 3.68. The van der Waals surface area contributed by atoms with Gasteiger partial charge in [-0.15, -0.1) is 0 Å². The standard InChI is InChI=1S/C12H18N4O3/c1-7-3-13-4-9-10(7)14-16-5-8(6-17)19-15(2)12(18)11(9)16/h7-8,13,17H,3-6H2,1-2H3. The predicted octanol–water partition coefficient (Wildman–Crippen LogP) is -0.532. The Morgan fingerprint density at radius 3 is 3.11 bits per heavy atom. The van der Waals surface area contributed by atoms with Crippen LogP contribution >= 0.6 is 0 Å². The molecule has 0 fully saturated rings. The lowest BCUT2D eigenvalue weighted by Gasteiger charge is -2.21. The van der Waals surface area contributed by atoms with Gasteiger partial charge in [0.25, 0.3) is 5.91 Å². The number of rotatable bonds is 1. The van der Waals surface area contributed by atoms with Gasteiger partial charge in [0.1, 0.15) is 11.8 Å². The monoisotopic (exact) mass is 266 g/mol. The smallest absolute Gasteiger partial charge is 0.295 e. The van der Waals surface area contributed by atoms with Crippen molar-refractivity contribution in [3.63, 3.8) is 0 Å². The van der Waals surface area contributed by atoms with Gasteiger partial charge in [-0.2, -0.15) is 5.10 Å². The van der Waals surface area contributed by atoms with E-state index in [1.165, 1.54) is 5.06 Å². The van der Waals surface area contributed by atoms with Gasteiger partial charge in [0.05, 0.1) is 18.8 Å². The van der Waals surface area contributed by atoms with E-state index in [1.807, 2.05) is 0 Å². The van der Waals surface area contributed by atoms with Crippen molar-refractivity contribution in [3.8, 4) is 0 Å². The SMILES string of the molecule is CC1CNCc2c1nn1c2C(=O)N(C)OC(CO)C1. The summed E-state index contributed by atoms with van der Waals surface area (Å²) in [6.45, 7) is 3.86. The average molecular weight is 266 g/mol. The Morgan fingerprint density at radius 1 is 1.58 bits per heavy atom. The number of nitrogens with zero attached hydrogens (tertiary/aromatic N) is 3. The maximum Gasteiger partial charge on any atom is 0.295 e. The molecule has 2 N–H and O–H groups in total. The second-order valence-electron chi connectivity index (χ2n) is 5.14. The fourth-order valence-corrected chi connectivity index (χ4v) is 2.71. The first kappa shape index (κ1) is 12.6. The van der Waals surface area contributed by atoms with E-state index in [4.69, 9.17) is 4.84 Å². The molecule has 0 saturated carbocycles. The molecule has 104 valence electrons. The highest BCUT2D eigenvalue weighted by Crippen LogP contribution is 2.28. The highest BCUT2D eigenvalue weighted by atomic mass is 16.7. The zero-order chi connectivity index (χ0) is 13.6. The summed E-state index contributed by atoms with van der Waals surface area (Å²) in [5.41, 5.74) is 2.51. The summed E-state index contributed by atoms with van der Waals surface area (Å²) in [6, 6.07) is 0. The van der Waals surface area contributed by atoms with Gasteiger partial charge in [-0.05, 0) is 0 Å². The molecule has 3 heterocycles. The molecule has 2 atom stereocenters. The fourth-order valence-electron chi connectivity index (χ4n) is 2.71. The van der Waals surface area contributed by atoms with Crippen molar-refractivity contribution in [1.29, 1.82) is 0 Å². The first-order valence-corrected chi connectivity index (χ1v) is 6.47. The number of hydrogen-bond acceptors (Lipinski definition) is 5. The van der Waals surface area contributed by atoms with Crippen LogP contribution in [0.4, 0.5) is 0 Å². The molecule has 0 bridgehead atoms. The molecule has 0 aromatic carbocycles. The molecule has 1 aromatic rings. The molecule has 1 aromatic heterocycles. The van der Waals surface area contributed by atoms with E-state index in [0.717, 1.165) is 17.8 Å². The number of hydroxylamine groups is 2. The molecule has 7 heteroatoms. The second-order valence-corrected chi connectivity index (χ2v) is 5.14. The lowest BCUT2D eigenvalue weighted by Crippen LogP contribution is -2.33. The highest BCUT2D eigenvalue weighted by molar-refractivity contribution is 5.93. The van der Waals surface area contributed by atoms with Crippen molar-refractivity contribution < 1.29 is 14.7 Å². The number of hydrogen-bond donors (Lipinski definition) is 2. The number of fused-ring (bicyclic) bond motifs is 3. The van der Waals surface area contributed by atoms with Crippen molar-refractivity contribution in [2.75, 3.05) is 20.2 Å². The van der Waals surface area contributed by atoms with E-state index < -0.39 is 6.10 Å². The van der Waals surface area contributed by atoms with E-state index in [-0.39, 0.29) is 18.4 Å². The zero-order valence-electron chi connectivity index (χ0n) is 11.1. The quantitative estimate of drug-likeness (QED) is 0.714. The van der Waals surface area contributed by atoms with Crippen LogP contribution in [0, 0.1) is 0 Å². The Labute approximate surface area is 111 Å². The summed E-state index contributed by atoms with van der Waals surface area (Å²) in [6.07, 6.45) is -0.445. The third kappa shape index (κ3) is 1.94. The second kappa shape index (κ2) is 4.59. The Balaban J connectivity index is 2.10. The topological polar surface area (TPSA) is 79.6 Å². The maximum absolute atomic E-state index is 12.4. The number of nitrogens with one attached hydrogen (secondary N) is 1.